The van der Waals surface area contributed by atoms with E-state index in [4.69, 9.17) is 14.2 Å². The largest absolute Gasteiger partial charge is 0.486 e. The van der Waals surface area contributed by atoms with Crippen LogP contribution >= 0.6 is 0 Å². The molecule has 2 aliphatic rings. The Balaban J connectivity index is 1.95. The molecule has 0 spiro atoms. The van der Waals surface area contributed by atoms with Gasteiger partial charge >= 0.3 is 0 Å². The topological polar surface area (TPSA) is 39.7 Å². The van der Waals surface area contributed by atoms with Crippen molar-refractivity contribution < 1.29 is 14.2 Å². The van der Waals surface area contributed by atoms with Gasteiger partial charge in [0.1, 0.15) is 13.2 Å². The SMILES string of the molecule is COCc1ccc(C2CCCNC2)c2c1OCCO2. The standard InChI is InChI=1S/C15H21NO3/c1-17-10-12-4-5-13(11-3-2-6-16-9-11)15-14(12)18-7-8-19-15/h4-5,11,16H,2-3,6-10H2,1H3. The minimum atomic E-state index is 0.529. The summed E-state index contributed by atoms with van der Waals surface area (Å²) in [4.78, 5) is 0. The van der Waals surface area contributed by atoms with Gasteiger partial charge in [0.2, 0.25) is 0 Å². The summed E-state index contributed by atoms with van der Waals surface area (Å²) in [6, 6.07) is 4.29. The second kappa shape index (κ2) is 5.80. The lowest BCUT2D eigenvalue weighted by Crippen LogP contribution is -2.29. The van der Waals surface area contributed by atoms with Crippen molar-refractivity contribution in [3.63, 3.8) is 0 Å². The molecule has 0 aliphatic carbocycles. The third-order valence-corrected chi connectivity index (χ3v) is 3.84. The predicted octanol–water partition coefficient (Wildman–Crippen LogP) is 2.07. The van der Waals surface area contributed by atoms with Crippen LogP contribution < -0.4 is 14.8 Å². The molecule has 0 radical (unpaired) electrons. The molecule has 0 saturated carbocycles. The summed E-state index contributed by atoms with van der Waals surface area (Å²) >= 11 is 0. The maximum Gasteiger partial charge on any atom is 0.167 e. The third-order valence-electron chi connectivity index (χ3n) is 3.84. The maximum absolute atomic E-state index is 5.89. The van der Waals surface area contributed by atoms with Crippen LogP contribution in [0.5, 0.6) is 11.5 Å². The molecule has 1 atom stereocenters. The normalized spacial score (nSPS) is 22.3. The summed E-state index contributed by atoms with van der Waals surface area (Å²) < 4.78 is 16.9. The van der Waals surface area contributed by atoms with Gasteiger partial charge < -0.3 is 19.5 Å². The lowest BCUT2D eigenvalue weighted by atomic mass is 9.90. The van der Waals surface area contributed by atoms with Gasteiger partial charge in [0, 0.05) is 30.7 Å². The van der Waals surface area contributed by atoms with Crippen LogP contribution in [0, 0.1) is 0 Å². The average molecular weight is 263 g/mol. The molecule has 104 valence electrons. The van der Waals surface area contributed by atoms with Crippen molar-refractivity contribution in [3.8, 4) is 11.5 Å². The monoisotopic (exact) mass is 263 g/mol. The number of ether oxygens (including phenoxy) is 3. The third kappa shape index (κ3) is 2.55. The van der Waals surface area contributed by atoms with Gasteiger partial charge in [-0.1, -0.05) is 12.1 Å². The molecular weight excluding hydrogens is 242 g/mol. The van der Waals surface area contributed by atoms with E-state index in [1.807, 2.05) is 0 Å². The van der Waals surface area contributed by atoms with E-state index in [0.29, 0.717) is 25.7 Å². The Bertz CT molecular complexity index is 441. The zero-order valence-corrected chi connectivity index (χ0v) is 11.4. The summed E-state index contributed by atoms with van der Waals surface area (Å²) in [5.41, 5.74) is 2.35. The first kappa shape index (κ1) is 12.8. The van der Waals surface area contributed by atoms with Crippen molar-refractivity contribution in [3.05, 3.63) is 23.3 Å². The number of methoxy groups -OCH3 is 1. The summed E-state index contributed by atoms with van der Waals surface area (Å²) in [6.45, 7) is 3.97. The summed E-state index contributed by atoms with van der Waals surface area (Å²) in [7, 11) is 1.70. The van der Waals surface area contributed by atoms with Crippen LogP contribution in [-0.2, 0) is 11.3 Å². The van der Waals surface area contributed by atoms with Crippen molar-refractivity contribution in [2.24, 2.45) is 0 Å². The molecule has 4 heteroatoms. The number of fused-ring (bicyclic) bond motifs is 1. The van der Waals surface area contributed by atoms with Gasteiger partial charge in [-0.3, -0.25) is 0 Å². The molecule has 1 aromatic carbocycles. The van der Waals surface area contributed by atoms with E-state index >= 15 is 0 Å². The molecule has 3 rings (SSSR count). The average Bonchev–Trinajstić information content (AvgIpc) is 2.49. The highest BCUT2D eigenvalue weighted by molar-refractivity contribution is 5.54. The fourth-order valence-corrected chi connectivity index (χ4v) is 2.92. The van der Waals surface area contributed by atoms with Gasteiger partial charge in [-0.25, -0.2) is 0 Å². The van der Waals surface area contributed by atoms with Crippen LogP contribution in [0.3, 0.4) is 0 Å². The smallest absolute Gasteiger partial charge is 0.167 e. The Labute approximate surface area is 114 Å². The Morgan fingerprint density at radius 3 is 2.84 bits per heavy atom. The Morgan fingerprint density at radius 1 is 1.26 bits per heavy atom. The van der Waals surface area contributed by atoms with E-state index < -0.39 is 0 Å². The van der Waals surface area contributed by atoms with E-state index in [1.165, 1.54) is 18.4 Å². The maximum atomic E-state index is 5.89. The van der Waals surface area contributed by atoms with Crippen LogP contribution in [0.25, 0.3) is 0 Å². The van der Waals surface area contributed by atoms with Gasteiger partial charge in [-0.05, 0) is 19.4 Å². The first-order chi connectivity index (χ1) is 9.40. The van der Waals surface area contributed by atoms with Gasteiger partial charge in [0.25, 0.3) is 0 Å². The van der Waals surface area contributed by atoms with Gasteiger partial charge in [0.15, 0.2) is 11.5 Å². The molecule has 2 heterocycles. The molecule has 0 aromatic heterocycles. The number of rotatable bonds is 3. The van der Waals surface area contributed by atoms with E-state index in [-0.39, 0.29) is 0 Å². The fraction of sp³-hybridized carbons (Fsp3) is 0.600. The lowest BCUT2D eigenvalue weighted by Gasteiger charge is -2.29. The highest BCUT2D eigenvalue weighted by atomic mass is 16.6. The van der Waals surface area contributed by atoms with Gasteiger partial charge in [-0.2, -0.15) is 0 Å². The Hall–Kier alpha value is -1.26. The predicted molar refractivity (Wildman–Crippen MR) is 73.0 cm³/mol. The zero-order chi connectivity index (χ0) is 13.1. The molecule has 1 aromatic rings. The van der Waals surface area contributed by atoms with Crippen molar-refractivity contribution in [2.45, 2.75) is 25.4 Å². The summed E-state index contributed by atoms with van der Waals surface area (Å²) in [5, 5.41) is 3.46. The molecule has 1 saturated heterocycles. The highest BCUT2D eigenvalue weighted by Crippen LogP contribution is 2.42. The number of hydrogen-bond acceptors (Lipinski definition) is 4. The van der Waals surface area contributed by atoms with Crippen molar-refractivity contribution in [1.29, 1.82) is 0 Å². The van der Waals surface area contributed by atoms with E-state index in [1.54, 1.807) is 7.11 Å². The second-order valence-corrected chi connectivity index (χ2v) is 5.15. The zero-order valence-electron chi connectivity index (χ0n) is 11.4. The fourth-order valence-electron chi connectivity index (χ4n) is 2.92. The van der Waals surface area contributed by atoms with Gasteiger partial charge in [0.05, 0.1) is 6.61 Å². The lowest BCUT2D eigenvalue weighted by molar-refractivity contribution is 0.151. The van der Waals surface area contributed by atoms with Crippen LogP contribution in [0.15, 0.2) is 12.1 Å². The van der Waals surface area contributed by atoms with E-state index in [0.717, 1.165) is 30.2 Å². The highest BCUT2D eigenvalue weighted by Gasteiger charge is 2.25. The quantitative estimate of drug-likeness (QED) is 0.906. The second-order valence-electron chi connectivity index (χ2n) is 5.15. The minimum absolute atomic E-state index is 0.529. The molecule has 4 nitrogen and oxygen atoms in total. The number of nitrogens with one attached hydrogen (secondary N) is 1. The van der Waals surface area contributed by atoms with Crippen LogP contribution in [0.2, 0.25) is 0 Å². The number of piperidine rings is 1. The van der Waals surface area contributed by atoms with Crippen molar-refractivity contribution in [1.82, 2.24) is 5.32 Å². The van der Waals surface area contributed by atoms with Gasteiger partial charge in [-0.15, -0.1) is 0 Å². The molecule has 0 bridgehead atoms. The van der Waals surface area contributed by atoms with Crippen LogP contribution in [-0.4, -0.2) is 33.4 Å². The first-order valence-corrected chi connectivity index (χ1v) is 7.01. The molecule has 19 heavy (non-hydrogen) atoms. The number of benzene rings is 1. The molecule has 0 amide bonds. The van der Waals surface area contributed by atoms with Crippen LogP contribution in [0.4, 0.5) is 0 Å². The van der Waals surface area contributed by atoms with Crippen molar-refractivity contribution in [2.75, 3.05) is 33.4 Å². The molecular formula is C15H21NO3. The first-order valence-electron chi connectivity index (χ1n) is 7.01. The number of hydrogen-bond donors (Lipinski definition) is 1. The van der Waals surface area contributed by atoms with Crippen molar-refractivity contribution >= 4 is 0 Å². The molecule has 1 unspecified atom stereocenters. The molecule has 1 fully saturated rings. The Morgan fingerprint density at radius 2 is 2.11 bits per heavy atom. The molecule has 1 N–H and O–H groups in total. The minimum Gasteiger partial charge on any atom is -0.486 e. The van der Waals surface area contributed by atoms with E-state index in [2.05, 4.69) is 17.4 Å². The van der Waals surface area contributed by atoms with Crippen LogP contribution in [0.1, 0.15) is 29.9 Å². The summed E-state index contributed by atoms with van der Waals surface area (Å²) in [5.74, 6) is 2.35. The molecule has 2 aliphatic heterocycles. The Kier molecular flexibility index (Phi) is 3.89. The summed E-state index contributed by atoms with van der Waals surface area (Å²) in [6.07, 6.45) is 2.44. The van der Waals surface area contributed by atoms with E-state index in [9.17, 15) is 0 Å².